The third-order valence-electron chi connectivity index (χ3n) is 3.39. The minimum absolute atomic E-state index is 0.0456. The van der Waals surface area contributed by atoms with Crippen molar-refractivity contribution < 1.29 is 9.47 Å². The zero-order valence-corrected chi connectivity index (χ0v) is 9.92. The molecule has 0 radical (unpaired) electrons. The van der Waals surface area contributed by atoms with E-state index in [1.165, 1.54) is 0 Å². The topological polar surface area (TPSA) is 30.5 Å². The van der Waals surface area contributed by atoms with Crippen molar-refractivity contribution in [2.24, 2.45) is 0 Å². The maximum Gasteiger partial charge on any atom is 0.0874 e. The van der Waals surface area contributed by atoms with Crippen molar-refractivity contribution in [2.45, 2.75) is 37.3 Å². The molecule has 1 aliphatic rings. The van der Waals surface area contributed by atoms with Gasteiger partial charge < -0.3 is 14.8 Å². The summed E-state index contributed by atoms with van der Waals surface area (Å²) in [6.45, 7) is 5.38. The summed E-state index contributed by atoms with van der Waals surface area (Å²) in [5, 5.41) is 3.37. The van der Waals surface area contributed by atoms with Crippen LogP contribution in [-0.4, -0.2) is 39.0 Å². The molecule has 1 N–H and O–H groups in total. The van der Waals surface area contributed by atoms with Crippen LogP contribution in [0.15, 0.2) is 12.7 Å². The lowest BCUT2D eigenvalue weighted by molar-refractivity contribution is -0.110. The van der Waals surface area contributed by atoms with E-state index >= 15 is 0 Å². The fraction of sp³-hybridized carbons (Fsp3) is 0.833. The highest BCUT2D eigenvalue weighted by Gasteiger charge is 2.39. The molecule has 0 bridgehead atoms. The van der Waals surface area contributed by atoms with Gasteiger partial charge in [-0.3, -0.25) is 0 Å². The molecule has 0 amide bonds. The Hall–Kier alpha value is -0.380. The molecule has 1 rings (SSSR count). The van der Waals surface area contributed by atoms with Gasteiger partial charge in [0.25, 0.3) is 0 Å². The summed E-state index contributed by atoms with van der Waals surface area (Å²) in [4.78, 5) is 0. The van der Waals surface area contributed by atoms with Gasteiger partial charge in [-0.1, -0.05) is 6.08 Å². The zero-order chi connectivity index (χ0) is 11.1. The summed E-state index contributed by atoms with van der Waals surface area (Å²) in [7, 11) is 3.81. The number of hydrogen-bond acceptors (Lipinski definition) is 3. The molecule has 1 saturated heterocycles. The SMILES string of the molecule is C=CCCC(NC)C1(OC)CCOCC1. The maximum absolute atomic E-state index is 5.75. The van der Waals surface area contributed by atoms with Gasteiger partial charge in [0.2, 0.25) is 0 Å². The van der Waals surface area contributed by atoms with Crippen LogP contribution in [0.1, 0.15) is 25.7 Å². The number of likely N-dealkylation sites (N-methyl/N-ethyl adjacent to an activating group) is 1. The van der Waals surface area contributed by atoms with Crippen LogP contribution in [0.25, 0.3) is 0 Å². The lowest BCUT2D eigenvalue weighted by Crippen LogP contribution is -2.54. The Morgan fingerprint density at radius 3 is 2.67 bits per heavy atom. The summed E-state index contributed by atoms with van der Waals surface area (Å²) >= 11 is 0. The van der Waals surface area contributed by atoms with Crippen LogP contribution in [-0.2, 0) is 9.47 Å². The van der Waals surface area contributed by atoms with E-state index in [1.807, 2.05) is 20.2 Å². The smallest absolute Gasteiger partial charge is 0.0874 e. The van der Waals surface area contributed by atoms with Crippen molar-refractivity contribution >= 4 is 0 Å². The molecule has 1 unspecified atom stereocenters. The fourth-order valence-electron chi connectivity index (χ4n) is 2.37. The van der Waals surface area contributed by atoms with Gasteiger partial charge in [-0.15, -0.1) is 6.58 Å². The van der Waals surface area contributed by atoms with E-state index in [-0.39, 0.29) is 5.60 Å². The van der Waals surface area contributed by atoms with Crippen LogP contribution in [0.5, 0.6) is 0 Å². The first kappa shape index (κ1) is 12.7. The van der Waals surface area contributed by atoms with E-state index in [2.05, 4.69) is 11.9 Å². The van der Waals surface area contributed by atoms with E-state index in [0.29, 0.717) is 6.04 Å². The molecule has 1 atom stereocenters. The number of ether oxygens (including phenoxy) is 2. The number of rotatable bonds is 6. The van der Waals surface area contributed by atoms with Gasteiger partial charge in [-0.2, -0.15) is 0 Å². The summed E-state index contributed by atoms with van der Waals surface area (Å²) in [6.07, 6.45) is 6.02. The van der Waals surface area contributed by atoms with Crippen LogP contribution in [0.2, 0.25) is 0 Å². The summed E-state index contributed by atoms with van der Waals surface area (Å²) in [5.74, 6) is 0. The van der Waals surface area contributed by atoms with Gasteiger partial charge in [0.1, 0.15) is 0 Å². The summed E-state index contributed by atoms with van der Waals surface area (Å²) in [6, 6.07) is 0.393. The molecule has 0 aromatic heterocycles. The second-order valence-corrected chi connectivity index (χ2v) is 4.09. The lowest BCUT2D eigenvalue weighted by Gasteiger charge is -2.42. The first-order chi connectivity index (χ1) is 7.29. The quantitative estimate of drug-likeness (QED) is 0.682. The average molecular weight is 213 g/mol. The van der Waals surface area contributed by atoms with E-state index in [9.17, 15) is 0 Å². The number of nitrogens with one attached hydrogen (secondary N) is 1. The van der Waals surface area contributed by atoms with E-state index < -0.39 is 0 Å². The van der Waals surface area contributed by atoms with Crippen LogP contribution >= 0.6 is 0 Å². The molecule has 15 heavy (non-hydrogen) atoms. The molecular formula is C12H23NO2. The van der Waals surface area contributed by atoms with Gasteiger partial charge in [0.15, 0.2) is 0 Å². The first-order valence-electron chi connectivity index (χ1n) is 5.70. The molecule has 1 aliphatic heterocycles. The standard InChI is InChI=1S/C12H23NO2/c1-4-5-6-11(13-2)12(14-3)7-9-15-10-8-12/h4,11,13H,1,5-10H2,2-3H3. The molecule has 3 heteroatoms. The van der Waals surface area contributed by atoms with E-state index in [4.69, 9.17) is 9.47 Å². The van der Waals surface area contributed by atoms with Crippen molar-refractivity contribution in [1.29, 1.82) is 0 Å². The molecule has 0 saturated carbocycles. The second-order valence-electron chi connectivity index (χ2n) is 4.09. The number of hydrogen-bond donors (Lipinski definition) is 1. The Labute approximate surface area is 92.8 Å². The van der Waals surface area contributed by atoms with Crippen LogP contribution in [0, 0.1) is 0 Å². The highest BCUT2D eigenvalue weighted by atomic mass is 16.5. The molecule has 0 spiro atoms. The molecule has 1 heterocycles. The molecule has 3 nitrogen and oxygen atoms in total. The average Bonchev–Trinajstić information content (AvgIpc) is 2.31. The van der Waals surface area contributed by atoms with Crippen LogP contribution in [0.4, 0.5) is 0 Å². The van der Waals surface area contributed by atoms with Gasteiger partial charge in [0, 0.05) is 39.2 Å². The Kier molecular flexibility index (Phi) is 5.29. The third-order valence-corrected chi connectivity index (χ3v) is 3.39. The van der Waals surface area contributed by atoms with Gasteiger partial charge in [0.05, 0.1) is 5.60 Å². The normalized spacial score (nSPS) is 22.3. The predicted molar refractivity (Wildman–Crippen MR) is 62.1 cm³/mol. The first-order valence-corrected chi connectivity index (χ1v) is 5.70. The molecule has 0 aromatic rings. The number of methoxy groups -OCH3 is 1. The molecule has 88 valence electrons. The predicted octanol–water partition coefficient (Wildman–Crippen LogP) is 1.74. The van der Waals surface area contributed by atoms with Crippen molar-refractivity contribution in [3.05, 3.63) is 12.7 Å². The largest absolute Gasteiger partial charge is 0.381 e. The van der Waals surface area contributed by atoms with Gasteiger partial charge >= 0.3 is 0 Å². The second kappa shape index (κ2) is 6.26. The zero-order valence-electron chi connectivity index (χ0n) is 9.92. The highest BCUT2D eigenvalue weighted by molar-refractivity contribution is 4.95. The minimum Gasteiger partial charge on any atom is -0.381 e. The summed E-state index contributed by atoms with van der Waals surface area (Å²) < 4.78 is 11.1. The van der Waals surface area contributed by atoms with E-state index in [1.54, 1.807) is 0 Å². The van der Waals surface area contributed by atoms with E-state index in [0.717, 1.165) is 38.9 Å². The molecular weight excluding hydrogens is 190 g/mol. The van der Waals surface area contributed by atoms with Crippen molar-refractivity contribution in [3.8, 4) is 0 Å². The fourth-order valence-corrected chi connectivity index (χ4v) is 2.37. The number of allylic oxidation sites excluding steroid dienone is 1. The van der Waals surface area contributed by atoms with Gasteiger partial charge in [-0.25, -0.2) is 0 Å². The summed E-state index contributed by atoms with van der Waals surface area (Å²) in [5.41, 5.74) is -0.0456. The van der Waals surface area contributed by atoms with Crippen molar-refractivity contribution in [1.82, 2.24) is 5.32 Å². The Bertz CT molecular complexity index is 188. The van der Waals surface area contributed by atoms with Crippen LogP contribution in [0.3, 0.4) is 0 Å². The molecule has 1 fully saturated rings. The minimum atomic E-state index is -0.0456. The highest BCUT2D eigenvalue weighted by Crippen LogP contribution is 2.30. The lowest BCUT2D eigenvalue weighted by atomic mass is 9.83. The molecule has 0 aliphatic carbocycles. The van der Waals surface area contributed by atoms with Crippen molar-refractivity contribution in [2.75, 3.05) is 27.4 Å². The third kappa shape index (κ3) is 3.03. The van der Waals surface area contributed by atoms with Gasteiger partial charge in [-0.05, 0) is 19.9 Å². The molecule has 0 aromatic carbocycles. The Morgan fingerprint density at radius 1 is 1.53 bits per heavy atom. The van der Waals surface area contributed by atoms with Crippen LogP contribution < -0.4 is 5.32 Å². The maximum atomic E-state index is 5.75. The van der Waals surface area contributed by atoms with Crippen molar-refractivity contribution in [3.63, 3.8) is 0 Å². The monoisotopic (exact) mass is 213 g/mol. The Morgan fingerprint density at radius 2 is 2.20 bits per heavy atom. The Balaban J connectivity index is 2.62.